The van der Waals surface area contributed by atoms with Gasteiger partial charge in [0.15, 0.2) is 0 Å². The zero-order valence-corrected chi connectivity index (χ0v) is 12.0. The van der Waals surface area contributed by atoms with Crippen LogP contribution in [0.5, 0.6) is 0 Å². The van der Waals surface area contributed by atoms with Gasteiger partial charge in [-0.15, -0.1) is 6.58 Å². The number of rotatable bonds is 5. The minimum atomic E-state index is -0.212. The summed E-state index contributed by atoms with van der Waals surface area (Å²) in [5.74, 6) is -0.216. The molecule has 0 aromatic heterocycles. The van der Waals surface area contributed by atoms with E-state index >= 15 is 0 Å². The lowest BCUT2D eigenvalue weighted by atomic mass is 9.97. The SMILES string of the molecule is C=CCNC(=O)c1ccccc1NC(=O)C1CCNCC1. The molecule has 5 nitrogen and oxygen atoms in total. The molecule has 5 heteroatoms. The van der Waals surface area contributed by atoms with Crippen LogP contribution in [-0.2, 0) is 4.79 Å². The van der Waals surface area contributed by atoms with Gasteiger partial charge in [0.1, 0.15) is 0 Å². The Morgan fingerprint density at radius 1 is 1.29 bits per heavy atom. The van der Waals surface area contributed by atoms with Crippen LogP contribution in [0.1, 0.15) is 23.2 Å². The van der Waals surface area contributed by atoms with Gasteiger partial charge in [0, 0.05) is 12.5 Å². The van der Waals surface area contributed by atoms with Gasteiger partial charge in [-0.25, -0.2) is 0 Å². The maximum absolute atomic E-state index is 12.3. The number of anilines is 1. The van der Waals surface area contributed by atoms with E-state index in [2.05, 4.69) is 22.5 Å². The molecule has 3 N–H and O–H groups in total. The Bertz CT molecular complexity index is 522. The van der Waals surface area contributed by atoms with Crippen molar-refractivity contribution in [2.45, 2.75) is 12.8 Å². The minimum absolute atomic E-state index is 0.00976. The summed E-state index contributed by atoms with van der Waals surface area (Å²) in [5, 5.41) is 8.84. The molecule has 0 atom stereocenters. The highest BCUT2D eigenvalue weighted by Gasteiger charge is 2.22. The van der Waals surface area contributed by atoms with E-state index in [-0.39, 0.29) is 17.7 Å². The van der Waals surface area contributed by atoms with Crippen LogP contribution in [0.25, 0.3) is 0 Å². The average Bonchev–Trinajstić information content (AvgIpc) is 2.54. The largest absolute Gasteiger partial charge is 0.349 e. The second-order valence-corrected chi connectivity index (χ2v) is 5.06. The number of carbonyl (C=O) groups excluding carboxylic acids is 2. The van der Waals surface area contributed by atoms with E-state index in [0.717, 1.165) is 25.9 Å². The molecule has 1 aromatic carbocycles. The first-order valence-electron chi connectivity index (χ1n) is 7.22. The zero-order valence-electron chi connectivity index (χ0n) is 12.0. The summed E-state index contributed by atoms with van der Waals surface area (Å²) in [6, 6.07) is 7.05. The second kappa shape index (κ2) is 7.59. The third-order valence-electron chi connectivity index (χ3n) is 3.55. The maximum atomic E-state index is 12.3. The van der Waals surface area contributed by atoms with Crippen molar-refractivity contribution >= 4 is 17.5 Å². The van der Waals surface area contributed by atoms with Gasteiger partial charge in [0.2, 0.25) is 5.91 Å². The number of piperidine rings is 1. The lowest BCUT2D eigenvalue weighted by molar-refractivity contribution is -0.120. The lowest BCUT2D eigenvalue weighted by Crippen LogP contribution is -2.35. The predicted molar refractivity (Wildman–Crippen MR) is 83.2 cm³/mol. The van der Waals surface area contributed by atoms with Gasteiger partial charge in [-0.3, -0.25) is 9.59 Å². The normalized spacial score (nSPS) is 15.2. The van der Waals surface area contributed by atoms with Crippen molar-refractivity contribution in [3.05, 3.63) is 42.5 Å². The van der Waals surface area contributed by atoms with E-state index < -0.39 is 0 Å². The van der Waals surface area contributed by atoms with E-state index in [1.165, 1.54) is 0 Å². The fourth-order valence-corrected chi connectivity index (χ4v) is 2.37. The zero-order chi connectivity index (χ0) is 15.1. The first-order valence-corrected chi connectivity index (χ1v) is 7.22. The molecule has 0 radical (unpaired) electrons. The van der Waals surface area contributed by atoms with E-state index in [1.54, 1.807) is 24.3 Å². The van der Waals surface area contributed by atoms with Crippen LogP contribution < -0.4 is 16.0 Å². The quantitative estimate of drug-likeness (QED) is 0.719. The van der Waals surface area contributed by atoms with Crippen molar-refractivity contribution in [2.24, 2.45) is 5.92 Å². The number of carbonyl (C=O) groups is 2. The molecule has 1 saturated heterocycles. The number of para-hydroxylation sites is 1. The van der Waals surface area contributed by atoms with Crippen LogP contribution in [0, 0.1) is 5.92 Å². The number of nitrogens with one attached hydrogen (secondary N) is 3. The predicted octanol–water partition coefficient (Wildman–Crippen LogP) is 1.54. The number of hydrogen-bond donors (Lipinski definition) is 3. The topological polar surface area (TPSA) is 70.2 Å². The summed E-state index contributed by atoms with van der Waals surface area (Å²) in [6.07, 6.45) is 3.28. The summed E-state index contributed by atoms with van der Waals surface area (Å²) in [6.45, 7) is 5.69. The molecule has 0 spiro atoms. The molecular formula is C16H21N3O2. The van der Waals surface area contributed by atoms with Gasteiger partial charge < -0.3 is 16.0 Å². The smallest absolute Gasteiger partial charge is 0.253 e. The van der Waals surface area contributed by atoms with E-state index in [9.17, 15) is 9.59 Å². The fourth-order valence-electron chi connectivity index (χ4n) is 2.37. The maximum Gasteiger partial charge on any atom is 0.253 e. The van der Waals surface area contributed by atoms with Gasteiger partial charge >= 0.3 is 0 Å². The van der Waals surface area contributed by atoms with Gasteiger partial charge in [0.05, 0.1) is 11.3 Å². The average molecular weight is 287 g/mol. The van der Waals surface area contributed by atoms with Crippen LogP contribution >= 0.6 is 0 Å². The molecule has 1 aromatic rings. The first kappa shape index (κ1) is 15.3. The highest BCUT2D eigenvalue weighted by atomic mass is 16.2. The molecule has 1 fully saturated rings. The summed E-state index contributed by atoms with van der Waals surface area (Å²) >= 11 is 0. The van der Waals surface area contributed by atoms with Crippen molar-refractivity contribution in [1.82, 2.24) is 10.6 Å². The van der Waals surface area contributed by atoms with E-state index in [0.29, 0.717) is 17.8 Å². The molecule has 0 bridgehead atoms. The Balaban J connectivity index is 2.06. The minimum Gasteiger partial charge on any atom is -0.349 e. The molecule has 21 heavy (non-hydrogen) atoms. The van der Waals surface area contributed by atoms with Crippen LogP contribution in [0.2, 0.25) is 0 Å². The van der Waals surface area contributed by atoms with Crippen molar-refractivity contribution in [1.29, 1.82) is 0 Å². The van der Waals surface area contributed by atoms with E-state index in [1.807, 2.05) is 6.07 Å². The molecule has 2 rings (SSSR count). The molecule has 1 heterocycles. The van der Waals surface area contributed by atoms with Crippen molar-refractivity contribution < 1.29 is 9.59 Å². The molecular weight excluding hydrogens is 266 g/mol. The van der Waals surface area contributed by atoms with Crippen LogP contribution in [0.3, 0.4) is 0 Å². The van der Waals surface area contributed by atoms with Gasteiger partial charge in [-0.1, -0.05) is 18.2 Å². The fraction of sp³-hybridized carbons (Fsp3) is 0.375. The van der Waals surface area contributed by atoms with Gasteiger partial charge in [0.25, 0.3) is 5.91 Å². The molecule has 0 unspecified atom stereocenters. The monoisotopic (exact) mass is 287 g/mol. The summed E-state index contributed by atoms with van der Waals surface area (Å²) < 4.78 is 0. The third-order valence-corrected chi connectivity index (χ3v) is 3.55. The summed E-state index contributed by atoms with van der Waals surface area (Å²) in [4.78, 5) is 24.3. The molecule has 0 aliphatic carbocycles. The van der Waals surface area contributed by atoms with Gasteiger partial charge in [-0.2, -0.15) is 0 Å². The molecule has 1 aliphatic heterocycles. The summed E-state index contributed by atoms with van der Waals surface area (Å²) in [7, 11) is 0. The van der Waals surface area contributed by atoms with E-state index in [4.69, 9.17) is 0 Å². The standard InChI is InChI=1S/C16H21N3O2/c1-2-9-18-16(21)13-5-3-4-6-14(13)19-15(20)12-7-10-17-11-8-12/h2-6,12,17H,1,7-11H2,(H,18,21)(H,19,20). The first-order chi connectivity index (χ1) is 10.2. The highest BCUT2D eigenvalue weighted by molar-refractivity contribution is 6.04. The highest BCUT2D eigenvalue weighted by Crippen LogP contribution is 2.19. The van der Waals surface area contributed by atoms with Crippen molar-refractivity contribution in [3.63, 3.8) is 0 Å². The Kier molecular flexibility index (Phi) is 5.51. The van der Waals surface area contributed by atoms with Crippen LogP contribution in [0.4, 0.5) is 5.69 Å². The Hall–Kier alpha value is -2.14. The van der Waals surface area contributed by atoms with Crippen molar-refractivity contribution in [3.8, 4) is 0 Å². The summed E-state index contributed by atoms with van der Waals surface area (Å²) in [5.41, 5.74) is 1.03. The van der Waals surface area contributed by atoms with Gasteiger partial charge in [-0.05, 0) is 38.1 Å². The molecule has 112 valence electrons. The van der Waals surface area contributed by atoms with Crippen LogP contribution in [0.15, 0.2) is 36.9 Å². The number of benzene rings is 1. The molecule has 2 amide bonds. The number of hydrogen-bond acceptors (Lipinski definition) is 3. The second-order valence-electron chi connectivity index (χ2n) is 5.06. The third kappa shape index (κ3) is 4.16. The van der Waals surface area contributed by atoms with Crippen LogP contribution in [-0.4, -0.2) is 31.4 Å². The van der Waals surface area contributed by atoms with Crippen molar-refractivity contribution in [2.75, 3.05) is 25.0 Å². The molecule has 0 saturated carbocycles. The Morgan fingerprint density at radius 2 is 2.00 bits per heavy atom. The lowest BCUT2D eigenvalue weighted by Gasteiger charge is -2.22. The number of amides is 2. The Morgan fingerprint density at radius 3 is 2.71 bits per heavy atom. The molecule has 1 aliphatic rings. The Labute approximate surface area is 124 Å².